The van der Waals surface area contributed by atoms with E-state index in [0.717, 1.165) is 12.1 Å². The smallest absolute Gasteiger partial charge is 0.406 e. The molecular formula is C12H13F3O3. The lowest BCUT2D eigenvalue weighted by molar-refractivity contribution is -0.274. The third-order valence-corrected chi connectivity index (χ3v) is 1.96. The van der Waals surface area contributed by atoms with Gasteiger partial charge in [0.15, 0.2) is 5.78 Å². The van der Waals surface area contributed by atoms with Gasteiger partial charge in [0.2, 0.25) is 0 Å². The van der Waals surface area contributed by atoms with Gasteiger partial charge in [0.1, 0.15) is 12.4 Å². The number of carbonyl (C=O) groups is 1. The lowest BCUT2D eigenvalue weighted by Gasteiger charge is -2.09. The van der Waals surface area contributed by atoms with E-state index in [0.29, 0.717) is 0 Å². The number of benzene rings is 1. The molecule has 0 aliphatic carbocycles. The summed E-state index contributed by atoms with van der Waals surface area (Å²) in [5.74, 6) is -0.647. The Morgan fingerprint density at radius 1 is 1.22 bits per heavy atom. The summed E-state index contributed by atoms with van der Waals surface area (Å²) in [6.45, 7) is 3.47. The molecule has 0 heterocycles. The van der Waals surface area contributed by atoms with E-state index in [-0.39, 0.29) is 29.8 Å². The zero-order chi connectivity index (χ0) is 13.8. The van der Waals surface area contributed by atoms with Crippen LogP contribution in [0.4, 0.5) is 13.2 Å². The quantitative estimate of drug-likeness (QED) is 0.764. The van der Waals surface area contributed by atoms with Crippen molar-refractivity contribution < 1.29 is 27.4 Å². The van der Waals surface area contributed by atoms with Crippen LogP contribution in [0.15, 0.2) is 24.3 Å². The number of halogens is 3. The second-order valence-corrected chi connectivity index (χ2v) is 3.86. The molecule has 6 heteroatoms. The van der Waals surface area contributed by atoms with E-state index in [9.17, 15) is 18.0 Å². The molecule has 0 fully saturated rings. The van der Waals surface area contributed by atoms with Crippen LogP contribution in [0.1, 0.15) is 24.2 Å². The predicted octanol–water partition coefficient (Wildman–Crippen LogP) is 3.19. The van der Waals surface area contributed by atoms with Gasteiger partial charge in [-0.15, -0.1) is 13.2 Å². The number of rotatable bonds is 5. The number of hydrogen-bond acceptors (Lipinski definition) is 3. The van der Waals surface area contributed by atoms with Crippen LogP contribution in [0.25, 0.3) is 0 Å². The molecule has 0 unspecified atom stereocenters. The third-order valence-electron chi connectivity index (χ3n) is 1.96. The number of hydrogen-bond donors (Lipinski definition) is 0. The van der Waals surface area contributed by atoms with E-state index < -0.39 is 6.36 Å². The summed E-state index contributed by atoms with van der Waals surface area (Å²) in [6, 6.07) is 4.73. The minimum atomic E-state index is -4.73. The van der Waals surface area contributed by atoms with Gasteiger partial charge < -0.3 is 9.47 Å². The fourth-order valence-corrected chi connectivity index (χ4v) is 1.17. The summed E-state index contributed by atoms with van der Waals surface area (Å²) in [6.07, 6.45) is -4.81. The third kappa shape index (κ3) is 5.18. The zero-order valence-corrected chi connectivity index (χ0v) is 9.95. The van der Waals surface area contributed by atoms with Gasteiger partial charge in [0.05, 0.1) is 6.10 Å². The minimum absolute atomic E-state index is 0.0817. The molecule has 1 rings (SSSR count). The number of ether oxygens (including phenoxy) is 2. The fourth-order valence-electron chi connectivity index (χ4n) is 1.17. The number of alkyl halides is 3. The molecule has 0 aromatic heterocycles. The highest BCUT2D eigenvalue weighted by molar-refractivity contribution is 5.97. The first-order valence-corrected chi connectivity index (χ1v) is 5.28. The molecule has 0 atom stereocenters. The molecular weight excluding hydrogens is 249 g/mol. The van der Waals surface area contributed by atoms with Gasteiger partial charge in [-0.25, -0.2) is 0 Å². The molecule has 0 bridgehead atoms. The summed E-state index contributed by atoms with van der Waals surface area (Å²) >= 11 is 0. The van der Waals surface area contributed by atoms with E-state index in [4.69, 9.17) is 4.74 Å². The lowest BCUT2D eigenvalue weighted by atomic mass is 10.1. The molecule has 3 nitrogen and oxygen atoms in total. The molecule has 100 valence electrons. The van der Waals surface area contributed by atoms with E-state index >= 15 is 0 Å². The molecule has 0 saturated carbocycles. The summed E-state index contributed by atoms with van der Waals surface area (Å²) in [4.78, 5) is 11.6. The van der Waals surface area contributed by atoms with Crippen LogP contribution < -0.4 is 4.74 Å². The van der Waals surface area contributed by atoms with Crippen LogP contribution in [0.5, 0.6) is 5.75 Å². The summed E-state index contributed by atoms with van der Waals surface area (Å²) in [7, 11) is 0. The highest BCUT2D eigenvalue weighted by Crippen LogP contribution is 2.22. The van der Waals surface area contributed by atoms with Crippen molar-refractivity contribution in [2.24, 2.45) is 0 Å². The maximum absolute atomic E-state index is 11.9. The average molecular weight is 262 g/mol. The molecule has 1 aromatic rings. The van der Waals surface area contributed by atoms with Crippen molar-refractivity contribution >= 4 is 5.78 Å². The number of Topliss-reactive ketones (excluding diaryl/α,β-unsaturated/α-hetero) is 1. The van der Waals surface area contributed by atoms with Crippen LogP contribution >= 0.6 is 0 Å². The monoisotopic (exact) mass is 262 g/mol. The first-order chi connectivity index (χ1) is 8.28. The SMILES string of the molecule is CC(C)OCC(=O)c1ccc(OC(F)(F)F)cc1. The Morgan fingerprint density at radius 3 is 2.22 bits per heavy atom. The maximum atomic E-state index is 11.9. The Labute approximate surface area is 103 Å². The molecule has 0 saturated heterocycles. The van der Waals surface area contributed by atoms with Crippen LogP contribution in [0, 0.1) is 0 Å². The zero-order valence-electron chi connectivity index (χ0n) is 9.95. The molecule has 0 aliphatic rings. The van der Waals surface area contributed by atoms with Crippen LogP contribution in [0.2, 0.25) is 0 Å². The molecule has 0 radical (unpaired) electrons. The van der Waals surface area contributed by atoms with E-state index in [1.807, 2.05) is 0 Å². The Balaban J connectivity index is 2.62. The summed E-state index contributed by atoms with van der Waals surface area (Å²) in [5, 5.41) is 0. The van der Waals surface area contributed by atoms with Crippen molar-refractivity contribution in [3.05, 3.63) is 29.8 Å². The molecule has 1 aromatic carbocycles. The average Bonchev–Trinajstić information content (AvgIpc) is 2.24. The maximum Gasteiger partial charge on any atom is 0.573 e. The van der Waals surface area contributed by atoms with Crippen molar-refractivity contribution in [3.63, 3.8) is 0 Å². The van der Waals surface area contributed by atoms with Gasteiger partial charge in [0, 0.05) is 5.56 Å². The van der Waals surface area contributed by atoms with E-state index in [1.165, 1.54) is 12.1 Å². The molecule has 0 aliphatic heterocycles. The predicted molar refractivity (Wildman–Crippen MR) is 58.5 cm³/mol. The first kappa shape index (κ1) is 14.5. The van der Waals surface area contributed by atoms with E-state index in [2.05, 4.69) is 4.74 Å². The first-order valence-electron chi connectivity index (χ1n) is 5.28. The minimum Gasteiger partial charge on any atom is -0.406 e. The molecule has 18 heavy (non-hydrogen) atoms. The van der Waals surface area contributed by atoms with Gasteiger partial charge in [0.25, 0.3) is 0 Å². The van der Waals surface area contributed by atoms with Gasteiger partial charge in [-0.2, -0.15) is 0 Å². The standard InChI is InChI=1S/C12H13F3O3/c1-8(2)17-7-11(16)9-3-5-10(6-4-9)18-12(13,14)15/h3-6,8H,7H2,1-2H3. The van der Waals surface area contributed by atoms with Gasteiger partial charge >= 0.3 is 6.36 Å². The van der Waals surface area contributed by atoms with Crippen molar-refractivity contribution in [1.29, 1.82) is 0 Å². The number of carbonyl (C=O) groups excluding carboxylic acids is 1. The van der Waals surface area contributed by atoms with Gasteiger partial charge in [-0.1, -0.05) is 0 Å². The highest BCUT2D eigenvalue weighted by atomic mass is 19.4. The lowest BCUT2D eigenvalue weighted by Crippen LogP contribution is -2.17. The Hall–Kier alpha value is -1.56. The van der Waals surface area contributed by atoms with Gasteiger partial charge in [-0.3, -0.25) is 4.79 Å². The molecule has 0 N–H and O–H groups in total. The molecule has 0 amide bonds. The summed E-state index contributed by atoms with van der Waals surface area (Å²) in [5.41, 5.74) is 0.283. The van der Waals surface area contributed by atoms with Crippen LogP contribution in [-0.4, -0.2) is 24.9 Å². The second kappa shape index (κ2) is 5.86. The van der Waals surface area contributed by atoms with E-state index in [1.54, 1.807) is 13.8 Å². The van der Waals surface area contributed by atoms with Crippen molar-refractivity contribution in [3.8, 4) is 5.75 Å². The fraction of sp³-hybridized carbons (Fsp3) is 0.417. The Kier molecular flexibility index (Phi) is 4.72. The molecule has 0 spiro atoms. The van der Waals surface area contributed by atoms with Crippen LogP contribution in [0.3, 0.4) is 0 Å². The summed E-state index contributed by atoms with van der Waals surface area (Å²) < 4.78 is 44.5. The Morgan fingerprint density at radius 2 is 1.78 bits per heavy atom. The second-order valence-electron chi connectivity index (χ2n) is 3.86. The van der Waals surface area contributed by atoms with Gasteiger partial charge in [-0.05, 0) is 38.1 Å². The topological polar surface area (TPSA) is 35.5 Å². The largest absolute Gasteiger partial charge is 0.573 e. The van der Waals surface area contributed by atoms with Crippen molar-refractivity contribution in [2.45, 2.75) is 26.3 Å². The van der Waals surface area contributed by atoms with Crippen LogP contribution in [-0.2, 0) is 4.74 Å². The highest BCUT2D eigenvalue weighted by Gasteiger charge is 2.31. The van der Waals surface area contributed by atoms with Crippen molar-refractivity contribution in [1.82, 2.24) is 0 Å². The normalized spacial score (nSPS) is 11.7. The number of ketones is 1. The van der Waals surface area contributed by atoms with Crippen molar-refractivity contribution in [2.75, 3.05) is 6.61 Å². The Bertz CT molecular complexity index is 396.